The fraction of sp³-hybridized carbons (Fsp3) is 0.238. The second-order valence-corrected chi connectivity index (χ2v) is 8.06. The minimum atomic E-state index is -0.635. The summed E-state index contributed by atoms with van der Waals surface area (Å²) in [6.07, 6.45) is 0. The van der Waals surface area contributed by atoms with Crippen LogP contribution in [0, 0.1) is 47.9 Å². The van der Waals surface area contributed by atoms with Gasteiger partial charge in [-0.05, 0) is 38.8 Å². The van der Waals surface area contributed by atoms with Crippen LogP contribution in [0.5, 0.6) is 0 Å². The zero-order chi connectivity index (χ0) is 24.9. The van der Waals surface area contributed by atoms with Crippen LogP contribution < -0.4 is 5.32 Å². The van der Waals surface area contributed by atoms with Gasteiger partial charge in [-0.25, -0.2) is 9.97 Å². The lowest BCUT2D eigenvalue weighted by Gasteiger charge is -2.12. The molecule has 0 bridgehead atoms. The van der Waals surface area contributed by atoms with E-state index in [9.17, 15) is 20.2 Å². The highest BCUT2D eigenvalue weighted by Gasteiger charge is 2.24. The number of anilines is 1. The molecule has 0 aliphatic rings. The normalized spacial score (nSPS) is 10.3. The van der Waals surface area contributed by atoms with Gasteiger partial charge < -0.3 is 5.32 Å². The van der Waals surface area contributed by atoms with Gasteiger partial charge in [-0.2, -0.15) is 0 Å². The average molecular weight is 513 g/mol. The Labute approximate surface area is 205 Å². The molecular weight excluding hydrogens is 493 g/mol. The molecule has 3 aromatic rings. The summed E-state index contributed by atoms with van der Waals surface area (Å²) in [6, 6.07) is 9.66. The second kappa shape index (κ2) is 11.2. The molecule has 0 amide bonds. The molecule has 0 saturated carbocycles. The molecule has 0 aliphatic carbocycles. The van der Waals surface area contributed by atoms with Crippen molar-refractivity contribution in [3.8, 4) is 0 Å². The summed E-state index contributed by atoms with van der Waals surface area (Å²) in [5.74, 6) is 0. The number of rotatable bonds is 5. The SMILES string of the molecule is Cc1nc(Cl)c([N+](=O)[O-])c(Cl)c1C.Cc1nc(Cl)c([N+](=O)[O-])c(NCc2ccccc2)c1C. The summed E-state index contributed by atoms with van der Waals surface area (Å²) < 4.78 is 0. The summed E-state index contributed by atoms with van der Waals surface area (Å²) >= 11 is 17.2. The van der Waals surface area contributed by atoms with Crippen LogP contribution >= 0.6 is 34.8 Å². The van der Waals surface area contributed by atoms with Crippen molar-refractivity contribution in [1.29, 1.82) is 0 Å². The lowest BCUT2D eigenvalue weighted by Crippen LogP contribution is -2.07. The van der Waals surface area contributed by atoms with Gasteiger partial charge in [0.1, 0.15) is 10.7 Å². The monoisotopic (exact) mass is 511 g/mol. The standard InChI is InChI=1S/C14H14ClN3O2.C7H6Cl2N2O2/c1-9-10(2)17-14(15)13(18(19)20)12(9)16-8-11-6-4-3-5-7-11;1-3-4(2)10-7(9)6(5(3)8)11(12)13/h3-7H,8H2,1-2H3,(H,16,17);1-2H3. The number of halogens is 3. The third-order valence-corrected chi connectivity index (χ3v) is 5.82. The molecule has 12 heteroatoms. The van der Waals surface area contributed by atoms with Crippen molar-refractivity contribution in [2.75, 3.05) is 5.32 Å². The van der Waals surface area contributed by atoms with E-state index in [0.29, 0.717) is 29.2 Å². The fourth-order valence-electron chi connectivity index (χ4n) is 2.78. The summed E-state index contributed by atoms with van der Waals surface area (Å²) in [6.45, 7) is 7.41. The van der Waals surface area contributed by atoms with Gasteiger partial charge in [-0.15, -0.1) is 0 Å². The largest absolute Gasteiger partial charge is 0.375 e. The van der Waals surface area contributed by atoms with Crippen LogP contribution in [0.3, 0.4) is 0 Å². The first-order valence-corrected chi connectivity index (χ1v) is 10.6. The minimum Gasteiger partial charge on any atom is -0.375 e. The minimum absolute atomic E-state index is 0.0579. The quantitative estimate of drug-likeness (QED) is 0.227. The fourth-order valence-corrected chi connectivity index (χ4v) is 3.71. The maximum absolute atomic E-state index is 11.2. The number of aryl methyl sites for hydroxylation is 2. The van der Waals surface area contributed by atoms with Crippen LogP contribution in [0.15, 0.2) is 30.3 Å². The molecule has 9 nitrogen and oxygen atoms in total. The Morgan fingerprint density at radius 1 is 0.818 bits per heavy atom. The first-order valence-electron chi connectivity index (χ1n) is 9.51. The Morgan fingerprint density at radius 2 is 1.30 bits per heavy atom. The lowest BCUT2D eigenvalue weighted by molar-refractivity contribution is -0.384. The number of nitrogens with zero attached hydrogens (tertiary/aromatic N) is 4. The van der Waals surface area contributed by atoms with Gasteiger partial charge in [-0.3, -0.25) is 20.2 Å². The Morgan fingerprint density at radius 3 is 1.82 bits per heavy atom. The van der Waals surface area contributed by atoms with Crippen LogP contribution in [0.4, 0.5) is 17.1 Å². The van der Waals surface area contributed by atoms with Crippen molar-refractivity contribution < 1.29 is 9.85 Å². The predicted molar refractivity (Wildman–Crippen MR) is 130 cm³/mol. The van der Waals surface area contributed by atoms with E-state index in [1.807, 2.05) is 30.3 Å². The number of hydrogen-bond acceptors (Lipinski definition) is 7. The molecule has 33 heavy (non-hydrogen) atoms. The molecule has 2 heterocycles. The molecule has 0 saturated heterocycles. The summed E-state index contributed by atoms with van der Waals surface area (Å²) in [5, 5.41) is 24.6. The van der Waals surface area contributed by atoms with Gasteiger partial charge in [0.2, 0.25) is 10.3 Å². The molecule has 0 unspecified atom stereocenters. The Hall–Kier alpha value is -3.01. The average Bonchev–Trinajstić information content (AvgIpc) is 2.74. The van der Waals surface area contributed by atoms with Gasteiger partial charge in [0.25, 0.3) is 0 Å². The molecule has 174 valence electrons. The number of aromatic nitrogens is 2. The van der Waals surface area contributed by atoms with Gasteiger partial charge >= 0.3 is 11.4 Å². The zero-order valence-corrected chi connectivity index (χ0v) is 20.4. The highest BCUT2D eigenvalue weighted by Crippen LogP contribution is 2.36. The first kappa shape index (κ1) is 26.2. The zero-order valence-electron chi connectivity index (χ0n) is 18.1. The summed E-state index contributed by atoms with van der Waals surface area (Å²) in [4.78, 5) is 28.3. The van der Waals surface area contributed by atoms with Crippen molar-refractivity contribution in [2.24, 2.45) is 0 Å². The van der Waals surface area contributed by atoms with E-state index in [1.54, 1.807) is 27.7 Å². The summed E-state index contributed by atoms with van der Waals surface area (Å²) in [7, 11) is 0. The van der Waals surface area contributed by atoms with E-state index in [1.165, 1.54) is 0 Å². The topological polar surface area (TPSA) is 124 Å². The second-order valence-electron chi connectivity index (χ2n) is 6.97. The number of hydrogen-bond donors (Lipinski definition) is 1. The Bertz CT molecular complexity index is 1210. The molecule has 0 fully saturated rings. The summed E-state index contributed by atoms with van der Waals surface area (Å²) in [5.41, 5.74) is 3.55. The Kier molecular flexibility index (Phi) is 8.92. The molecule has 3 rings (SSSR count). The third kappa shape index (κ3) is 6.28. The number of nitrogens with one attached hydrogen (secondary N) is 1. The van der Waals surface area contributed by atoms with E-state index in [-0.39, 0.29) is 26.7 Å². The molecular formula is C21H20Cl3N5O4. The van der Waals surface area contributed by atoms with Gasteiger partial charge in [0.05, 0.1) is 9.85 Å². The van der Waals surface area contributed by atoms with Crippen molar-refractivity contribution in [2.45, 2.75) is 34.2 Å². The van der Waals surface area contributed by atoms with E-state index in [4.69, 9.17) is 34.8 Å². The highest BCUT2D eigenvalue weighted by molar-refractivity contribution is 6.38. The van der Waals surface area contributed by atoms with E-state index >= 15 is 0 Å². The van der Waals surface area contributed by atoms with Crippen molar-refractivity contribution in [3.05, 3.63) is 94.0 Å². The molecule has 0 aliphatic heterocycles. The lowest BCUT2D eigenvalue weighted by atomic mass is 10.1. The Balaban J connectivity index is 0.000000257. The van der Waals surface area contributed by atoms with Crippen molar-refractivity contribution in [1.82, 2.24) is 9.97 Å². The molecule has 1 N–H and O–H groups in total. The predicted octanol–water partition coefficient (Wildman–Crippen LogP) is 6.79. The van der Waals surface area contributed by atoms with Gasteiger partial charge in [-0.1, -0.05) is 65.1 Å². The highest BCUT2D eigenvalue weighted by atomic mass is 35.5. The van der Waals surface area contributed by atoms with E-state index < -0.39 is 9.85 Å². The van der Waals surface area contributed by atoms with Crippen LogP contribution in [-0.4, -0.2) is 19.8 Å². The maximum atomic E-state index is 11.2. The van der Waals surface area contributed by atoms with Crippen molar-refractivity contribution >= 4 is 51.9 Å². The molecule has 0 radical (unpaired) electrons. The van der Waals surface area contributed by atoms with Crippen LogP contribution in [0.25, 0.3) is 0 Å². The molecule has 2 aromatic heterocycles. The first-order chi connectivity index (χ1) is 15.5. The molecule has 1 aromatic carbocycles. The van der Waals surface area contributed by atoms with E-state index in [0.717, 1.165) is 11.1 Å². The third-order valence-electron chi connectivity index (χ3n) is 4.83. The number of nitro groups is 2. The molecule has 0 spiro atoms. The van der Waals surface area contributed by atoms with Crippen LogP contribution in [0.1, 0.15) is 28.1 Å². The van der Waals surface area contributed by atoms with Gasteiger partial charge in [0, 0.05) is 23.5 Å². The van der Waals surface area contributed by atoms with Crippen LogP contribution in [0.2, 0.25) is 15.3 Å². The van der Waals surface area contributed by atoms with Crippen molar-refractivity contribution in [3.63, 3.8) is 0 Å². The maximum Gasteiger partial charge on any atom is 0.329 e. The molecule has 0 atom stereocenters. The van der Waals surface area contributed by atoms with E-state index in [2.05, 4.69) is 15.3 Å². The van der Waals surface area contributed by atoms with Gasteiger partial charge in [0.15, 0.2) is 0 Å². The smallest absolute Gasteiger partial charge is 0.329 e. The number of pyridine rings is 2. The number of benzene rings is 1. The van der Waals surface area contributed by atoms with Crippen LogP contribution in [-0.2, 0) is 6.54 Å².